The second-order valence-electron chi connectivity index (χ2n) is 3.63. The second-order valence-corrected chi connectivity index (χ2v) is 3.63. The predicted molar refractivity (Wildman–Crippen MR) is 64.1 cm³/mol. The molecule has 0 aliphatic carbocycles. The van der Waals surface area contributed by atoms with Crippen molar-refractivity contribution in [2.24, 2.45) is 5.16 Å². The molecule has 1 aromatic carbocycles. The van der Waals surface area contributed by atoms with E-state index in [1.54, 1.807) is 0 Å². The van der Waals surface area contributed by atoms with Crippen LogP contribution in [0.3, 0.4) is 0 Å². The molecule has 86 valence electrons. The maximum Gasteiger partial charge on any atom is 0.270 e. The molecule has 0 saturated carbocycles. The Balaban J connectivity index is 2.90. The van der Waals surface area contributed by atoms with Crippen molar-refractivity contribution in [1.82, 2.24) is 0 Å². The first kappa shape index (κ1) is 12.2. The van der Waals surface area contributed by atoms with Crippen LogP contribution in [0.15, 0.2) is 29.4 Å². The van der Waals surface area contributed by atoms with E-state index in [9.17, 15) is 4.79 Å². The topological polar surface area (TPSA) is 61.7 Å². The van der Waals surface area contributed by atoms with Gasteiger partial charge in [-0.2, -0.15) is 0 Å². The lowest BCUT2D eigenvalue weighted by Crippen LogP contribution is -2.14. The van der Waals surface area contributed by atoms with Gasteiger partial charge >= 0.3 is 0 Å². The van der Waals surface area contributed by atoms with Gasteiger partial charge < -0.3 is 10.5 Å². The molecule has 0 fully saturated rings. The summed E-state index contributed by atoms with van der Waals surface area (Å²) >= 11 is 0. The van der Waals surface area contributed by atoms with Gasteiger partial charge in [0.15, 0.2) is 0 Å². The highest BCUT2D eigenvalue weighted by atomic mass is 16.4. The third-order valence-electron chi connectivity index (χ3n) is 2.54. The Morgan fingerprint density at radius 3 is 2.88 bits per heavy atom. The van der Waals surface area contributed by atoms with E-state index in [1.165, 1.54) is 0 Å². The minimum absolute atomic E-state index is 0.377. The van der Waals surface area contributed by atoms with Crippen LogP contribution >= 0.6 is 0 Å². The summed E-state index contributed by atoms with van der Waals surface area (Å²) in [6.07, 6.45) is 1.84. The number of hydrogen-bond acceptors (Lipinski definition) is 3. The number of anilines is 1. The molecule has 0 aliphatic heterocycles. The number of carbonyl (C=O) groups is 1. The molecule has 1 unspecified atom stereocenters. The predicted octanol–water partition coefficient (Wildman–Crippen LogP) is 2.60. The number of amides is 1. The number of oxime groups is 1. The summed E-state index contributed by atoms with van der Waals surface area (Å²) in [6, 6.07) is 7.62. The van der Waals surface area contributed by atoms with Gasteiger partial charge in [-0.1, -0.05) is 37.2 Å². The molecule has 1 atom stereocenters. The summed E-state index contributed by atoms with van der Waals surface area (Å²) in [4.78, 5) is 11.3. The van der Waals surface area contributed by atoms with E-state index in [4.69, 9.17) is 5.21 Å². The van der Waals surface area contributed by atoms with Crippen LogP contribution in [0.5, 0.6) is 0 Å². The maximum absolute atomic E-state index is 11.3. The van der Waals surface area contributed by atoms with Crippen molar-refractivity contribution < 1.29 is 10.0 Å². The molecule has 4 heteroatoms. The van der Waals surface area contributed by atoms with Gasteiger partial charge in [0, 0.05) is 5.69 Å². The molecule has 1 amide bonds. The zero-order chi connectivity index (χ0) is 12.0. The zero-order valence-electron chi connectivity index (χ0n) is 9.47. The van der Waals surface area contributed by atoms with Crippen LogP contribution in [0, 0.1) is 0 Å². The van der Waals surface area contributed by atoms with Crippen LogP contribution in [-0.2, 0) is 4.79 Å². The third-order valence-corrected chi connectivity index (χ3v) is 2.54. The Morgan fingerprint density at radius 1 is 1.56 bits per heavy atom. The van der Waals surface area contributed by atoms with Gasteiger partial charge in [0.25, 0.3) is 5.91 Å². The summed E-state index contributed by atoms with van der Waals surface area (Å²) in [5.74, 6) is -0.0548. The van der Waals surface area contributed by atoms with Gasteiger partial charge in [-0.05, 0) is 24.0 Å². The molecule has 0 radical (unpaired) electrons. The highest BCUT2D eigenvalue weighted by Gasteiger charge is 2.09. The summed E-state index contributed by atoms with van der Waals surface area (Å²) < 4.78 is 0. The molecule has 1 aromatic rings. The van der Waals surface area contributed by atoms with Gasteiger partial charge in [-0.15, -0.1) is 0 Å². The molecular weight excluding hydrogens is 204 g/mol. The molecule has 0 saturated heterocycles. The van der Waals surface area contributed by atoms with E-state index in [0.29, 0.717) is 5.92 Å². The standard InChI is InChI=1S/C12H16N2O2/c1-3-9(2)10-6-4-5-7-11(10)14-12(15)8-13-16/h4-9,16H,3H2,1-2H3,(H,14,15)/b13-8-. The molecule has 16 heavy (non-hydrogen) atoms. The van der Waals surface area contributed by atoms with E-state index in [1.807, 2.05) is 24.3 Å². The fourth-order valence-corrected chi connectivity index (χ4v) is 1.48. The highest BCUT2D eigenvalue weighted by molar-refractivity contribution is 6.31. The molecule has 4 nitrogen and oxygen atoms in total. The van der Waals surface area contributed by atoms with Gasteiger partial charge in [0.1, 0.15) is 6.21 Å². The first-order valence-electron chi connectivity index (χ1n) is 5.26. The molecule has 0 aromatic heterocycles. The normalized spacial score (nSPS) is 12.6. The van der Waals surface area contributed by atoms with E-state index in [0.717, 1.165) is 23.9 Å². The van der Waals surface area contributed by atoms with Crippen molar-refractivity contribution in [2.45, 2.75) is 26.2 Å². The summed E-state index contributed by atoms with van der Waals surface area (Å²) in [6.45, 7) is 4.20. The highest BCUT2D eigenvalue weighted by Crippen LogP contribution is 2.26. The minimum Gasteiger partial charge on any atom is -0.411 e. The average molecular weight is 220 g/mol. The monoisotopic (exact) mass is 220 g/mol. The SMILES string of the molecule is CCC(C)c1ccccc1NC(=O)/C=N\O. The van der Waals surface area contributed by atoms with Crippen LogP contribution in [-0.4, -0.2) is 17.3 Å². The number of nitrogens with zero attached hydrogens (tertiary/aromatic N) is 1. The second kappa shape index (κ2) is 5.90. The van der Waals surface area contributed by atoms with Gasteiger partial charge in [0.2, 0.25) is 0 Å². The molecule has 0 spiro atoms. The average Bonchev–Trinajstić information content (AvgIpc) is 2.29. The van der Waals surface area contributed by atoms with Crippen LogP contribution in [0.2, 0.25) is 0 Å². The maximum atomic E-state index is 11.3. The number of benzene rings is 1. The molecule has 0 heterocycles. The summed E-state index contributed by atoms with van der Waals surface area (Å²) in [5, 5.41) is 13.6. The lowest BCUT2D eigenvalue weighted by molar-refractivity contribution is -0.110. The van der Waals surface area contributed by atoms with Crippen molar-refractivity contribution in [3.63, 3.8) is 0 Å². The first-order valence-corrected chi connectivity index (χ1v) is 5.26. The van der Waals surface area contributed by atoms with E-state index >= 15 is 0 Å². The van der Waals surface area contributed by atoms with Crippen molar-refractivity contribution in [1.29, 1.82) is 0 Å². The molecule has 0 bridgehead atoms. The van der Waals surface area contributed by atoms with E-state index in [2.05, 4.69) is 24.3 Å². The summed E-state index contributed by atoms with van der Waals surface area (Å²) in [7, 11) is 0. The lowest BCUT2D eigenvalue weighted by Gasteiger charge is -2.14. The smallest absolute Gasteiger partial charge is 0.270 e. The number of hydrogen-bond donors (Lipinski definition) is 2. The molecule has 2 N–H and O–H groups in total. The van der Waals surface area contributed by atoms with Crippen molar-refractivity contribution in [3.05, 3.63) is 29.8 Å². The molecule has 1 rings (SSSR count). The Morgan fingerprint density at radius 2 is 2.25 bits per heavy atom. The van der Waals surface area contributed by atoms with Crippen LogP contribution in [0.4, 0.5) is 5.69 Å². The van der Waals surface area contributed by atoms with Crippen LogP contribution < -0.4 is 5.32 Å². The Labute approximate surface area is 95.0 Å². The van der Waals surface area contributed by atoms with E-state index < -0.39 is 5.91 Å². The fourth-order valence-electron chi connectivity index (χ4n) is 1.48. The Kier molecular flexibility index (Phi) is 4.51. The largest absolute Gasteiger partial charge is 0.411 e. The van der Waals surface area contributed by atoms with Crippen LogP contribution in [0.25, 0.3) is 0 Å². The lowest BCUT2D eigenvalue weighted by atomic mass is 9.97. The molecule has 0 aliphatic rings. The number of nitrogens with one attached hydrogen (secondary N) is 1. The summed E-state index contributed by atoms with van der Waals surface area (Å²) in [5.41, 5.74) is 1.85. The number of rotatable bonds is 4. The zero-order valence-corrected chi connectivity index (χ0v) is 9.47. The van der Waals surface area contributed by atoms with Crippen molar-refractivity contribution in [3.8, 4) is 0 Å². The van der Waals surface area contributed by atoms with Crippen molar-refractivity contribution >= 4 is 17.8 Å². The van der Waals surface area contributed by atoms with Crippen molar-refractivity contribution in [2.75, 3.05) is 5.32 Å². The first-order chi connectivity index (χ1) is 7.69. The number of carbonyl (C=O) groups excluding carboxylic acids is 1. The van der Waals surface area contributed by atoms with E-state index in [-0.39, 0.29) is 0 Å². The molecular formula is C12H16N2O2. The quantitative estimate of drug-likeness (QED) is 0.465. The third kappa shape index (κ3) is 3.08. The Bertz CT molecular complexity index is 388. The minimum atomic E-state index is -0.432. The van der Waals surface area contributed by atoms with Gasteiger partial charge in [-0.25, -0.2) is 0 Å². The van der Waals surface area contributed by atoms with Gasteiger partial charge in [0.05, 0.1) is 0 Å². The van der Waals surface area contributed by atoms with Gasteiger partial charge in [-0.3, -0.25) is 4.79 Å². The Hall–Kier alpha value is -1.84. The number of para-hydroxylation sites is 1. The fraction of sp³-hybridized carbons (Fsp3) is 0.333. The van der Waals surface area contributed by atoms with Crippen LogP contribution in [0.1, 0.15) is 31.7 Å².